The molecule has 214 valence electrons. The van der Waals surface area contributed by atoms with Crippen LogP contribution in [-0.4, -0.2) is 93.8 Å². The number of phenols is 2. The van der Waals surface area contributed by atoms with E-state index in [1.807, 2.05) is 0 Å². The highest BCUT2D eigenvalue weighted by Crippen LogP contribution is 2.52. The van der Waals surface area contributed by atoms with E-state index >= 15 is 0 Å². The molecule has 0 bridgehead atoms. The number of aliphatic hydroxyl groups is 3. The first-order chi connectivity index (χ1) is 19.0. The van der Waals surface area contributed by atoms with Gasteiger partial charge in [0.2, 0.25) is 5.78 Å². The fourth-order valence-electron chi connectivity index (χ4n) is 6.00. The minimum atomic E-state index is -2.23. The molecule has 6 atom stereocenters. The third-order valence-electron chi connectivity index (χ3n) is 8.13. The second-order valence-corrected chi connectivity index (χ2v) is 10.4. The van der Waals surface area contributed by atoms with E-state index in [0.29, 0.717) is 0 Å². The van der Waals surface area contributed by atoms with Gasteiger partial charge in [-0.25, -0.2) is 0 Å². The lowest BCUT2D eigenvalue weighted by molar-refractivity contribution is -0.249. The van der Waals surface area contributed by atoms with Gasteiger partial charge in [-0.2, -0.15) is 0 Å². The van der Waals surface area contributed by atoms with E-state index in [4.69, 9.17) is 14.2 Å². The molecule has 40 heavy (non-hydrogen) atoms. The number of aliphatic hydroxyl groups excluding tert-OH is 2. The number of methoxy groups -OCH3 is 1. The molecule has 0 aromatic heterocycles. The molecule has 1 saturated heterocycles. The number of phenolic OH excluding ortho intramolecular Hbond substituents is 2. The van der Waals surface area contributed by atoms with Gasteiger partial charge in [-0.3, -0.25) is 14.4 Å². The molecule has 3 aliphatic rings. The third-order valence-corrected chi connectivity index (χ3v) is 8.13. The van der Waals surface area contributed by atoms with Gasteiger partial charge in [0.1, 0.15) is 29.5 Å². The molecule has 5 rings (SSSR count). The van der Waals surface area contributed by atoms with Crippen LogP contribution in [0, 0.1) is 0 Å². The third kappa shape index (κ3) is 4.19. The number of ether oxygens (including phenoxy) is 3. The number of nitrogens with one attached hydrogen (secondary N) is 1. The number of benzene rings is 2. The van der Waals surface area contributed by atoms with Crippen LogP contribution in [0.5, 0.6) is 17.2 Å². The Balaban J connectivity index is 1.68. The summed E-state index contributed by atoms with van der Waals surface area (Å²) in [5.41, 5.74) is -3.52. The number of carbonyl (C=O) groups is 3. The molecule has 0 spiro atoms. The highest BCUT2D eigenvalue weighted by atomic mass is 16.7. The smallest absolute Gasteiger partial charge is 0.202 e. The molecule has 6 N–H and O–H groups in total. The van der Waals surface area contributed by atoms with E-state index in [1.54, 1.807) is 14.0 Å². The van der Waals surface area contributed by atoms with E-state index in [0.717, 1.165) is 0 Å². The summed E-state index contributed by atoms with van der Waals surface area (Å²) in [5.74, 6) is -3.69. The summed E-state index contributed by atoms with van der Waals surface area (Å²) in [7, 11) is 2.99. The van der Waals surface area contributed by atoms with Gasteiger partial charge in [-0.15, -0.1) is 0 Å². The normalized spacial score (nSPS) is 29.4. The standard InChI is InChI=1S/C28H31NO11/c1-11-23(32)14(29-2)7-18(39-11)40-16-9-28(37,17(31)10-30)8-13-20(16)27(36)22-21(25(13)34)24(33)12-5-4-6-15(38-3)19(12)26(22)35/h4-6,11,14,16,18,23,29-30,32,34,36-37H,7-10H2,1-3H3/t11-,14-,16+,18?,23+,28?/m0/s1. The molecule has 2 aliphatic carbocycles. The molecule has 2 unspecified atom stereocenters. The molecular weight excluding hydrogens is 526 g/mol. The Morgan fingerprint density at radius 1 is 1.15 bits per heavy atom. The summed E-state index contributed by atoms with van der Waals surface area (Å²) < 4.78 is 17.2. The molecule has 12 heteroatoms. The summed E-state index contributed by atoms with van der Waals surface area (Å²) in [4.78, 5) is 39.9. The summed E-state index contributed by atoms with van der Waals surface area (Å²) in [6.45, 7) is 0.631. The summed E-state index contributed by atoms with van der Waals surface area (Å²) in [6, 6.07) is 3.96. The Hall–Kier alpha value is -3.39. The van der Waals surface area contributed by atoms with Crippen LogP contribution in [-0.2, 0) is 20.7 Å². The summed E-state index contributed by atoms with van der Waals surface area (Å²) in [5, 5.41) is 57.1. The quantitative estimate of drug-likeness (QED) is 0.227. The topological polar surface area (TPSA) is 192 Å². The Morgan fingerprint density at radius 3 is 2.50 bits per heavy atom. The van der Waals surface area contributed by atoms with E-state index in [-0.39, 0.29) is 34.4 Å². The largest absolute Gasteiger partial charge is 0.507 e. The maximum Gasteiger partial charge on any atom is 0.202 e. The predicted octanol–water partition coefficient (Wildman–Crippen LogP) is 0.262. The van der Waals surface area contributed by atoms with E-state index in [9.17, 15) is 39.9 Å². The molecule has 0 saturated carbocycles. The average Bonchev–Trinajstić information content (AvgIpc) is 2.94. The first-order valence-electron chi connectivity index (χ1n) is 12.9. The van der Waals surface area contributed by atoms with Crippen LogP contribution in [0.2, 0.25) is 0 Å². The molecule has 1 heterocycles. The van der Waals surface area contributed by atoms with Gasteiger partial charge >= 0.3 is 0 Å². The van der Waals surface area contributed by atoms with Gasteiger partial charge in [-0.05, 0) is 20.0 Å². The van der Waals surface area contributed by atoms with Crippen LogP contribution in [0.15, 0.2) is 18.2 Å². The van der Waals surface area contributed by atoms with Gasteiger partial charge in [0, 0.05) is 42.0 Å². The average molecular weight is 558 g/mol. The van der Waals surface area contributed by atoms with Crippen LogP contribution in [0.4, 0.5) is 0 Å². The van der Waals surface area contributed by atoms with Crippen molar-refractivity contribution in [3.63, 3.8) is 0 Å². The molecule has 0 radical (unpaired) electrons. The second-order valence-electron chi connectivity index (χ2n) is 10.4. The molecule has 2 aromatic carbocycles. The van der Waals surface area contributed by atoms with Crippen LogP contribution < -0.4 is 10.1 Å². The first kappa shape index (κ1) is 28.1. The number of rotatable bonds is 6. The van der Waals surface area contributed by atoms with Crippen molar-refractivity contribution in [1.82, 2.24) is 5.32 Å². The van der Waals surface area contributed by atoms with Crippen molar-refractivity contribution in [3.8, 4) is 17.2 Å². The van der Waals surface area contributed by atoms with Crippen LogP contribution >= 0.6 is 0 Å². The minimum absolute atomic E-state index is 0.0435. The fourth-order valence-corrected chi connectivity index (χ4v) is 6.00. The first-order valence-corrected chi connectivity index (χ1v) is 12.9. The van der Waals surface area contributed by atoms with Gasteiger partial charge in [0.25, 0.3) is 0 Å². The van der Waals surface area contributed by atoms with Gasteiger partial charge in [0.05, 0.1) is 42.1 Å². The number of hydrogen-bond donors (Lipinski definition) is 6. The number of aromatic hydroxyl groups is 2. The molecular formula is C28H31NO11. The zero-order valence-electron chi connectivity index (χ0n) is 22.1. The Bertz CT molecular complexity index is 1410. The minimum Gasteiger partial charge on any atom is -0.507 e. The van der Waals surface area contributed by atoms with Crippen molar-refractivity contribution in [2.75, 3.05) is 20.8 Å². The zero-order valence-corrected chi connectivity index (χ0v) is 22.1. The zero-order chi connectivity index (χ0) is 29.1. The molecule has 1 aliphatic heterocycles. The maximum absolute atomic E-state index is 13.7. The summed E-state index contributed by atoms with van der Waals surface area (Å²) >= 11 is 0. The van der Waals surface area contributed by atoms with Crippen molar-refractivity contribution in [3.05, 3.63) is 51.6 Å². The van der Waals surface area contributed by atoms with E-state index in [1.165, 1.54) is 25.3 Å². The lowest BCUT2D eigenvalue weighted by Crippen LogP contribution is -2.53. The molecule has 12 nitrogen and oxygen atoms in total. The van der Waals surface area contributed by atoms with Gasteiger partial charge < -0.3 is 45.1 Å². The van der Waals surface area contributed by atoms with E-state index < -0.39 is 95.7 Å². The van der Waals surface area contributed by atoms with Crippen LogP contribution in [0.3, 0.4) is 0 Å². The van der Waals surface area contributed by atoms with Crippen LogP contribution in [0.1, 0.15) is 68.8 Å². The number of fused-ring (bicyclic) bond motifs is 3. The number of Topliss-reactive ketones (excluding diaryl/α,β-unsaturated/α-hetero) is 1. The van der Waals surface area contributed by atoms with Crippen molar-refractivity contribution >= 4 is 17.3 Å². The van der Waals surface area contributed by atoms with Gasteiger partial charge in [-0.1, -0.05) is 12.1 Å². The van der Waals surface area contributed by atoms with Gasteiger partial charge in [0.15, 0.2) is 17.9 Å². The summed E-state index contributed by atoms with van der Waals surface area (Å²) in [6.07, 6.45) is -4.66. The Morgan fingerprint density at radius 2 is 1.85 bits per heavy atom. The maximum atomic E-state index is 13.7. The van der Waals surface area contributed by atoms with Crippen molar-refractivity contribution in [2.24, 2.45) is 0 Å². The van der Waals surface area contributed by atoms with Crippen molar-refractivity contribution in [2.45, 2.75) is 62.4 Å². The van der Waals surface area contributed by atoms with Crippen LogP contribution in [0.25, 0.3) is 0 Å². The lowest BCUT2D eigenvalue weighted by atomic mass is 9.72. The number of likely N-dealkylation sites (N-methyl/N-ethyl adjacent to an activating group) is 1. The highest BCUT2D eigenvalue weighted by molar-refractivity contribution is 6.31. The fraction of sp³-hybridized carbons (Fsp3) is 0.464. The van der Waals surface area contributed by atoms with Crippen molar-refractivity contribution in [1.29, 1.82) is 0 Å². The SMILES string of the molecule is CN[C@H]1CC(O[C@@H]2CC(O)(C(=O)CO)Cc3c(O)c4c(c(O)c32)C(=O)c2c(OC)cccc2C4=O)O[C@@H](C)[C@H]1O. The van der Waals surface area contributed by atoms with E-state index in [2.05, 4.69) is 5.32 Å². The Kier molecular flexibility index (Phi) is 7.19. The number of carbonyl (C=O) groups excluding carboxylic acids is 3. The molecule has 1 fully saturated rings. The highest BCUT2D eigenvalue weighted by Gasteiger charge is 2.50. The number of ketones is 3. The lowest BCUT2D eigenvalue weighted by Gasteiger charge is -2.42. The molecule has 2 aromatic rings. The monoisotopic (exact) mass is 557 g/mol. The second kappa shape index (κ2) is 10.2. The number of hydrogen-bond acceptors (Lipinski definition) is 12. The predicted molar refractivity (Wildman–Crippen MR) is 137 cm³/mol. The molecule has 0 amide bonds. The Labute approximate surface area is 229 Å². The van der Waals surface area contributed by atoms with Crippen molar-refractivity contribution < 1.29 is 54.1 Å².